The van der Waals surface area contributed by atoms with Crippen LogP contribution in [0.25, 0.3) is 10.2 Å². The third-order valence-corrected chi connectivity index (χ3v) is 5.70. The van der Waals surface area contributed by atoms with Crippen LogP contribution in [0.15, 0.2) is 48.5 Å². The molecule has 0 saturated carbocycles. The molecular formula is C20H20N2OS. The van der Waals surface area contributed by atoms with Crippen LogP contribution in [0, 0.1) is 0 Å². The molecule has 1 aliphatic rings. The van der Waals surface area contributed by atoms with Crippen LogP contribution in [0.3, 0.4) is 0 Å². The van der Waals surface area contributed by atoms with E-state index in [0.29, 0.717) is 6.42 Å². The van der Waals surface area contributed by atoms with Gasteiger partial charge >= 0.3 is 0 Å². The Morgan fingerprint density at radius 3 is 2.75 bits per heavy atom. The average molecular weight is 336 g/mol. The Morgan fingerprint density at radius 1 is 1.08 bits per heavy atom. The zero-order valence-electron chi connectivity index (χ0n) is 13.6. The van der Waals surface area contributed by atoms with E-state index in [9.17, 15) is 4.79 Å². The molecule has 0 aliphatic carbocycles. The van der Waals surface area contributed by atoms with Crippen molar-refractivity contribution in [2.24, 2.45) is 0 Å². The van der Waals surface area contributed by atoms with Gasteiger partial charge in [-0.1, -0.05) is 36.4 Å². The molecule has 1 aliphatic heterocycles. The van der Waals surface area contributed by atoms with Crippen LogP contribution in [0.1, 0.15) is 29.0 Å². The summed E-state index contributed by atoms with van der Waals surface area (Å²) in [6.07, 6.45) is 3.34. The lowest BCUT2D eigenvalue weighted by Crippen LogP contribution is -2.35. The predicted octanol–water partition coefficient (Wildman–Crippen LogP) is 4.20. The van der Waals surface area contributed by atoms with Crippen molar-refractivity contribution >= 4 is 27.5 Å². The number of aromatic nitrogens is 1. The smallest absolute Gasteiger partial charge is 0.222 e. The molecule has 0 radical (unpaired) electrons. The molecule has 1 amide bonds. The highest BCUT2D eigenvalue weighted by Gasteiger charge is 2.19. The number of hydrogen-bond donors (Lipinski definition) is 0. The molecule has 1 aromatic heterocycles. The Balaban J connectivity index is 1.32. The van der Waals surface area contributed by atoms with Gasteiger partial charge in [0.25, 0.3) is 0 Å². The number of aryl methyl sites for hydroxylation is 1. The number of benzene rings is 2. The molecule has 4 heteroatoms. The van der Waals surface area contributed by atoms with Crippen LogP contribution >= 0.6 is 11.3 Å². The van der Waals surface area contributed by atoms with E-state index in [1.54, 1.807) is 11.3 Å². The quantitative estimate of drug-likeness (QED) is 0.715. The number of carbonyl (C=O) groups is 1. The maximum Gasteiger partial charge on any atom is 0.222 e. The number of hydrogen-bond acceptors (Lipinski definition) is 3. The number of nitrogens with zero attached hydrogens (tertiary/aromatic N) is 2. The summed E-state index contributed by atoms with van der Waals surface area (Å²) in [4.78, 5) is 19.1. The van der Waals surface area contributed by atoms with Crippen LogP contribution in [-0.4, -0.2) is 22.3 Å². The molecule has 2 heterocycles. The lowest BCUT2D eigenvalue weighted by molar-refractivity contribution is -0.132. The van der Waals surface area contributed by atoms with E-state index in [1.807, 2.05) is 23.1 Å². The maximum atomic E-state index is 12.5. The molecule has 2 aromatic carbocycles. The maximum absolute atomic E-state index is 12.5. The first-order chi connectivity index (χ1) is 11.8. The van der Waals surface area contributed by atoms with Gasteiger partial charge in [0.2, 0.25) is 5.91 Å². The second kappa shape index (κ2) is 6.73. The normalized spacial score (nSPS) is 13.9. The second-order valence-electron chi connectivity index (χ2n) is 6.26. The number of carbonyl (C=O) groups excluding carboxylic acids is 1. The van der Waals surface area contributed by atoms with Gasteiger partial charge in [-0.2, -0.15) is 0 Å². The molecule has 0 N–H and O–H groups in total. The number of rotatable bonds is 4. The minimum absolute atomic E-state index is 0.269. The largest absolute Gasteiger partial charge is 0.338 e. The molecule has 3 aromatic rings. The minimum atomic E-state index is 0.269. The molecule has 4 rings (SSSR count). The molecule has 0 fully saturated rings. The lowest BCUT2D eigenvalue weighted by atomic mass is 9.99. The number of thiazole rings is 1. The Hall–Kier alpha value is -2.20. The van der Waals surface area contributed by atoms with Crippen molar-refractivity contribution in [1.82, 2.24) is 9.88 Å². The van der Waals surface area contributed by atoms with Crippen molar-refractivity contribution in [2.45, 2.75) is 32.2 Å². The first-order valence-electron chi connectivity index (χ1n) is 8.48. The van der Waals surface area contributed by atoms with E-state index < -0.39 is 0 Å². The van der Waals surface area contributed by atoms with Gasteiger partial charge in [0.05, 0.1) is 15.2 Å². The third kappa shape index (κ3) is 3.20. The average Bonchev–Trinajstić information content (AvgIpc) is 3.04. The fraction of sp³-hybridized carbons (Fsp3) is 0.300. The molecule has 0 atom stereocenters. The standard InChI is InChI=1S/C20H20N2OS/c23-20(22-13-12-15-6-1-2-7-16(15)14-22)11-5-10-19-21-17-8-3-4-9-18(17)24-19/h1-4,6-9H,5,10-14H2. The van der Waals surface area contributed by atoms with Crippen molar-refractivity contribution in [3.05, 3.63) is 64.7 Å². The van der Waals surface area contributed by atoms with Crippen LogP contribution in [0.2, 0.25) is 0 Å². The summed E-state index contributed by atoms with van der Waals surface area (Å²) in [5, 5.41) is 1.13. The first kappa shape index (κ1) is 15.3. The van der Waals surface area contributed by atoms with Crippen LogP contribution < -0.4 is 0 Å². The number of amides is 1. The summed E-state index contributed by atoms with van der Waals surface area (Å²) in [5.74, 6) is 0.269. The molecule has 122 valence electrons. The molecule has 24 heavy (non-hydrogen) atoms. The van der Waals surface area contributed by atoms with E-state index in [1.165, 1.54) is 15.8 Å². The van der Waals surface area contributed by atoms with Gasteiger partial charge in [-0.25, -0.2) is 4.98 Å². The van der Waals surface area contributed by atoms with Gasteiger partial charge in [-0.15, -0.1) is 11.3 Å². The highest BCUT2D eigenvalue weighted by Crippen LogP contribution is 2.23. The summed E-state index contributed by atoms with van der Waals surface area (Å²) >= 11 is 1.74. The summed E-state index contributed by atoms with van der Waals surface area (Å²) in [6, 6.07) is 16.7. The summed E-state index contributed by atoms with van der Waals surface area (Å²) in [5.41, 5.74) is 3.75. The van der Waals surface area contributed by atoms with Gasteiger partial charge in [-0.3, -0.25) is 4.79 Å². The fourth-order valence-corrected chi connectivity index (χ4v) is 4.29. The molecule has 3 nitrogen and oxygen atoms in total. The van der Waals surface area contributed by atoms with E-state index in [-0.39, 0.29) is 5.91 Å². The van der Waals surface area contributed by atoms with E-state index in [0.717, 1.165) is 42.9 Å². The Bertz CT molecular complexity index is 838. The Morgan fingerprint density at radius 2 is 1.88 bits per heavy atom. The fourth-order valence-electron chi connectivity index (χ4n) is 3.28. The predicted molar refractivity (Wildman–Crippen MR) is 98.1 cm³/mol. The van der Waals surface area contributed by atoms with Crippen LogP contribution in [0.4, 0.5) is 0 Å². The number of para-hydroxylation sites is 1. The van der Waals surface area contributed by atoms with Crippen LogP contribution in [0.5, 0.6) is 0 Å². The second-order valence-corrected chi connectivity index (χ2v) is 7.38. The Labute approximate surface area is 146 Å². The van der Waals surface area contributed by atoms with Crippen molar-refractivity contribution in [3.8, 4) is 0 Å². The molecular weight excluding hydrogens is 316 g/mol. The van der Waals surface area contributed by atoms with Gasteiger partial charge in [-0.05, 0) is 42.5 Å². The van der Waals surface area contributed by atoms with E-state index in [4.69, 9.17) is 0 Å². The zero-order valence-corrected chi connectivity index (χ0v) is 14.4. The SMILES string of the molecule is O=C(CCCc1nc2ccccc2s1)N1CCc2ccccc2C1. The molecule has 0 spiro atoms. The monoisotopic (exact) mass is 336 g/mol. The highest BCUT2D eigenvalue weighted by molar-refractivity contribution is 7.18. The van der Waals surface area contributed by atoms with Crippen molar-refractivity contribution in [1.29, 1.82) is 0 Å². The highest BCUT2D eigenvalue weighted by atomic mass is 32.1. The molecule has 0 bridgehead atoms. The van der Waals surface area contributed by atoms with Crippen molar-refractivity contribution < 1.29 is 4.79 Å². The molecule has 0 saturated heterocycles. The summed E-state index contributed by atoms with van der Waals surface area (Å²) < 4.78 is 1.23. The van der Waals surface area contributed by atoms with E-state index in [2.05, 4.69) is 35.3 Å². The van der Waals surface area contributed by atoms with Crippen LogP contribution in [-0.2, 0) is 24.2 Å². The lowest BCUT2D eigenvalue weighted by Gasteiger charge is -2.29. The summed E-state index contributed by atoms with van der Waals surface area (Å²) in [6.45, 7) is 1.60. The van der Waals surface area contributed by atoms with Crippen molar-refractivity contribution in [2.75, 3.05) is 6.54 Å². The van der Waals surface area contributed by atoms with E-state index >= 15 is 0 Å². The van der Waals surface area contributed by atoms with Crippen molar-refractivity contribution in [3.63, 3.8) is 0 Å². The summed E-state index contributed by atoms with van der Waals surface area (Å²) in [7, 11) is 0. The third-order valence-electron chi connectivity index (χ3n) is 4.60. The minimum Gasteiger partial charge on any atom is -0.338 e. The van der Waals surface area contributed by atoms with Gasteiger partial charge in [0.15, 0.2) is 0 Å². The van der Waals surface area contributed by atoms with Gasteiger partial charge < -0.3 is 4.90 Å². The molecule has 0 unspecified atom stereocenters. The first-order valence-corrected chi connectivity index (χ1v) is 9.30. The topological polar surface area (TPSA) is 33.2 Å². The van der Waals surface area contributed by atoms with Gasteiger partial charge in [0, 0.05) is 19.5 Å². The Kier molecular flexibility index (Phi) is 4.30. The zero-order chi connectivity index (χ0) is 16.4. The number of fused-ring (bicyclic) bond motifs is 2. The van der Waals surface area contributed by atoms with Gasteiger partial charge in [0.1, 0.15) is 0 Å².